The van der Waals surface area contributed by atoms with E-state index >= 15 is 0 Å². The first-order chi connectivity index (χ1) is 13.2. The molecule has 0 aliphatic carbocycles. The molecule has 0 aliphatic heterocycles. The van der Waals surface area contributed by atoms with Crippen molar-refractivity contribution in [3.63, 3.8) is 0 Å². The lowest BCUT2D eigenvalue weighted by atomic mass is 10.1. The first-order valence-corrected chi connectivity index (χ1v) is 9.25. The van der Waals surface area contributed by atoms with Crippen LogP contribution in [0, 0.1) is 0 Å². The van der Waals surface area contributed by atoms with Crippen LogP contribution in [0.2, 0.25) is 0 Å². The summed E-state index contributed by atoms with van der Waals surface area (Å²) >= 11 is 0. The molecular weight excluding hydrogens is 334 g/mol. The average molecular weight is 361 g/mol. The van der Waals surface area contributed by atoms with Crippen LogP contribution in [0.15, 0.2) is 79.0 Å². The van der Waals surface area contributed by atoms with Crippen molar-refractivity contribution in [2.75, 3.05) is 20.6 Å². The molecule has 0 spiro atoms. The number of likely N-dealkylation sites (N-methyl/N-ethyl adjacent to an activating group) is 1. The fourth-order valence-electron chi connectivity index (χ4n) is 2.97. The minimum absolute atomic E-state index is 0.277. The minimum Gasteiger partial charge on any atom is -0.487 e. The number of nitrogens with one attached hydrogen (secondary N) is 1. The highest BCUT2D eigenvalue weighted by atomic mass is 16.5. The minimum atomic E-state index is 0.277. The van der Waals surface area contributed by atoms with E-state index in [0.29, 0.717) is 6.61 Å². The highest BCUT2D eigenvalue weighted by Crippen LogP contribution is 2.17. The van der Waals surface area contributed by atoms with Crippen LogP contribution in [-0.4, -0.2) is 30.5 Å². The highest BCUT2D eigenvalue weighted by molar-refractivity contribution is 5.29. The van der Waals surface area contributed by atoms with Crippen molar-refractivity contribution >= 4 is 0 Å². The monoisotopic (exact) mass is 361 g/mol. The van der Waals surface area contributed by atoms with Gasteiger partial charge in [-0.05, 0) is 49.5 Å². The van der Waals surface area contributed by atoms with E-state index in [1.807, 2.05) is 30.3 Å². The van der Waals surface area contributed by atoms with E-state index in [1.54, 1.807) is 6.20 Å². The lowest BCUT2D eigenvalue weighted by molar-refractivity contribution is 0.300. The number of hydrogen-bond acceptors (Lipinski definition) is 4. The van der Waals surface area contributed by atoms with Crippen molar-refractivity contribution < 1.29 is 4.74 Å². The van der Waals surface area contributed by atoms with Gasteiger partial charge in [0.25, 0.3) is 0 Å². The third-order valence-corrected chi connectivity index (χ3v) is 4.31. The summed E-state index contributed by atoms with van der Waals surface area (Å²) in [4.78, 5) is 6.50. The Labute approximate surface area is 161 Å². The van der Waals surface area contributed by atoms with E-state index in [-0.39, 0.29) is 6.04 Å². The summed E-state index contributed by atoms with van der Waals surface area (Å²) in [7, 11) is 4.20. The Morgan fingerprint density at radius 3 is 2.52 bits per heavy atom. The Morgan fingerprint density at radius 1 is 0.963 bits per heavy atom. The van der Waals surface area contributed by atoms with Crippen LogP contribution in [-0.2, 0) is 13.2 Å². The summed E-state index contributed by atoms with van der Waals surface area (Å²) in [6, 6.07) is 24.9. The molecule has 140 valence electrons. The Balaban J connectivity index is 1.61. The lowest BCUT2D eigenvalue weighted by Gasteiger charge is -2.23. The van der Waals surface area contributed by atoms with E-state index < -0.39 is 0 Å². The molecule has 0 amide bonds. The molecule has 0 aliphatic rings. The van der Waals surface area contributed by atoms with Crippen molar-refractivity contribution in [3.05, 3.63) is 95.8 Å². The van der Waals surface area contributed by atoms with Crippen molar-refractivity contribution in [1.29, 1.82) is 0 Å². The fraction of sp³-hybridized carbons (Fsp3) is 0.261. The summed E-state index contributed by atoms with van der Waals surface area (Å²) in [5.41, 5.74) is 3.43. The first kappa shape index (κ1) is 19.1. The third-order valence-electron chi connectivity index (χ3n) is 4.31. The van der Waals surface area contributed by atoms with Gasteiger partial charge in [0.1, 0.15) is 12.4 Å². The predicted octanol–water partition coefficient (Wildman–Crippen LogP) is 4.05. The topological polar surface area (TPSA) is 37.4 Å². The van der Waals surface area contributed by atoms with Gasteiger partial charge in [-0.2, -0.15) is 0 Å². The van der Waals surface area contributed by atoms with Crippen LogP contribution in [0.3, 0.4) is 0 Å². The molecule has 0 saturated heterocycles. The number of nitrogens with zero attached hydrogens (tertiary/aromatic N) is 2. The number of pyridine rings is 1. The Morgan fingerprint density at radius 2 is 1.78 bits per heavy atom. The van der Waals surface area contributed by atoms with Crippen LogP contribution in [0.5, 0.6) is 5.75 Å². The van der Waals surface area contributed by atoms with Gasteiger partial charge in [0.15, 0.2) is 0 Å². The van der Waals surface area contributed by atoms with Crippen molar-refractivity contribution in [2.24, 2.45) is 0 Å². The molecule has 1 atom stereocenters. The second-order valence-corrected chi connectivity index (χ2v) is 6.86. The zero-order valence-corrected chi connectivity index (χ0v) is 16.0. The maximum atomic E-state index is 5.89. The summed E-state index contributed by atoms with van der Waals surface area (Å²) in [5, 5.41) is 3.68. The molecule has 0 radical (unpaired) electrons. The normalized spacial score (nSPS) is 12.1. The molecule has 3 rings (SSSR count). The van der Waals surface area contributed by atoms with Gasteiger partial charge in [-0.1, -0.05) is 48.5 Å². The molecule has 1 aromatic heterocycles. The van der Waals surface area contributed by atoms with Gasteiger partial charge < -0.3 is 15.0 Å². The van der Waals surface area contributed by atoms with Gasteiger partial charge in [0.2, 0.25) is 0 Å². The Hall–Kier alpha value is -2.69. The summed E-state index contributed by atoms with van der Waals surface area (Å²) in [6.45, 7) is 2.21. The van der Waals surface area contributed by atoms with Crippen LogP contribution < -0.4 is 10.1 Å². The molecule has 4 heteroatoms. The van der Waals surface area contributed by atoms with Gasteiger partial charge in [0, 0.05) is 25.3 Å². The van der Waals surface area contributed by atoms with Gasteiger partial charge in [-0.3, -0.25) is 4.98 Å². The molecule has 0 saturated carbocycles. The zero-order valence-electron chi connectivity index (χ0n) is 16.0. The Bertz CT molecular complexity index is 806. The van der Waals surface area contributed by atoms with Crippen LogP contribution in [0.4, 0.5) is 0 Å². The molecule has 27 heavy (non-hydrogen) atoms. The SMILES string of the molecule is CN(C)CC(NCc1cccc(OCc2ccccn2)c1)c1ccccc1. The molecule has 1 N–H and O–H groups in total. The standard InChI is InChI=1S/C23H27N3O/c1-26(2)17-23(20-10-4-3-5-11-20)25-16-19-9-8-13-22(15-19)27-18-21-12-6-7-14-24-21/h3-15,23,25H,16-18H2,1-2H3. The lowest BCUT2D eigenvalue weighted by Crippen LogP contribution is -2.30. The summed E-state index contributed by atoms with van der Waals surface area (Å²) in [6.07, 6.45) is 1.79. The van der Waals surface area contributed by atoms with E-state index in [4.69, 9.17) is 4.74 Å². The molecule has 1 heterocycles. The maximum Gasteiger partial charge on any atom is 0.130 e. The van der Waals surface area contributed by atoms with Crippen molar-refractivity contribution in [3.8, 4) is 5.75 Å². The predicted molar refractivity (Wildman–Crippen MR) is 110 cm³/mol. The molecule has 2 aromatic carbocycles. The van der Waals surface area contributed by atoms with E-state index in [2.05, 4.69) is 71.8 Å². The van der Waals surface area contributed by atoms with E-state index in [9.17, 15) is 0 Å². The molecule has 4 nitrogen and oxygen atoms in total. The van der Waals surface area contributed by atoms with Crippen LogP contribution in [0.1, 0.15) is 22.9 Å². The number of ether oxygens (including phenoxy) is 1. The summed E-state index contributed by atoms with van der Waals surface area (Å²) < 4.78 is 5.89. The van der Waals surface area contributed by atoms with Crippen LogP contribution in [0.25, 0.3) is 0 Å². The molecule has 0 bridgehead atoms. The first-order valence-electron chi connectivity index (χ1n) is 9.25. The Kier molecular flexibility index (Phi) is 6.97. The molecule has 3 aromatic rings. The summed E-state index contributed by atoms with van der Waals surface area (Å²) in [5.74, 6) is 0.865. The zero-order chi connectivity index (χ0) is 18.9. The van der Waals surface area contributed by atoms with Crippen molar-refractivity contribution in [1.82, 2.24) is 15.2 Å². The van der Waals surface area contributed by atoms with Crippen LogP contribution >= 0.6 is 0 Å². The van der Waals surface area contributed by atoms with Gasteiger partial charge in [0.05, 0.1) is 5.69 Å². The molecule has 0 fully saturated rings. The smallest absolute Gasteiger partial charge is 0.130 e. The quantitative estimate of drug-likeness (QED) is 0.624. The third kappa shape index (κ3) is 6.20. The maximum absolute atomic E-state index is 5.89. The van der Waals surface area contributed by atoms with E-state index in [0.717, 1.165) is 24.5 Å². The van der Waals surface area contributed by atoms with Gasteiger partial charge >= 0.3 is 0 Å². The molecular formula is C23H27N3O. The molecule has 1 unspecified atom stereocenters. The number of aromatic nitrogens is 1. The van der Waals surface area contributed by atoms with Crippen molar-refractivity contribution in [2.45, 2.75) is 19.2 Å². The average Bonchev–Trinajstić information content (AvgIpc) is 2.71. The highest BCUT2D eigenvalue weighted by Gasteiger charge is 2.12. The second-order valence-electron chi connectivity index (χ2n) is 6.86. The van der Waals surface area contributed by atoms with Gasteiger partial charge in [-0.15, -0.1) is 0 Å². The van der Waals surface area contributed by atoms with E-state index in [1.165, 1.54) is 11.1 Å². The number of rotatable bonds is 9. The number of hydrogen-bond donors (Lipinski definition) is 1. The second kappa shape index (κ2) is 9.86. The fourth-order valence-corrected chi connectivity index (χ4v) is 2.97. The largest absolute Gasteiger partial charge is 0.487 e. The van der Waals surface area contributed by atoms with Gasteiger partial charge in [-0.25, -0.2) is 0 Å². The number of benzene rings is 2.